The van der Waals surface area contributed by atoms with Gasteiger partial charge in [-0.15, -0.1) is 0 Å². The van der Waals surface area contributed by atoms with E-state index < -0.39 is 0 Å². The van der Waals surface area contributed by atoms with E-state index in [1.807, 2.05) is 12.1 Å². The summed E-state index contributed by atoms with van der Waals surface area (Å²) in [5, 5.41) is 16.7. The number of benzene rings is 3. The normalized spacial score (nSPS) is 26.0. The molecule has 7 heteroatoms. The summed E-state index contributed by atoms with van der Waals surface area (Å²) < 4.78 is 0. The molecule has 5 heterocycles. The van der Waals surface area contributed by atoms with Crippen LogP contribution in [0.25, 0.3) is 21.8 Å². The number of fused-ring (bicyclic) bond motifs is 12. The summed E-state index contributed by atoms with van der Waals surface area (Å²) >= 11 is 0. The number of likely N-dealkylation sites (N-methyl/N-ethyl adjacent to an activating group) is 1. The molecule has 0 radical (unpaired) electrons. The highest BCUT2D eigenvalue weighted by Gasteiger charge is 2.55. The fourth-order valence-corrected chi connectivity index (χ4v) is 9.19. The van der Waals surface area contributed by atoms with Gasteiger partial charge in [0.2, 0.25) is 0 Å². The maximum atomic E-state index is 13.8. The third kappa shape index (κ3) is 3.65. The van der Waals surface area contributed by atoms with Crippen LogP contribution >= 0.6 is 0 Å². The molecule has 1 fully saturated rings. The van der Waals surface area contributed by atoms with Crippen LogP contribution in [-0.2, 0) is 25.7 Å². The zero-order valence-corrected chi connectivity index (χ0v) is 24.9. The number of nitrogens with zero attached hydrogens (tertiary/aromatic N) is 3. The van der Waals surface area contributed by atoms with Crippen LogP contribution < -0.4 is 5.32 Å². The summed E-state index contributed by atoms with van der Waals surface area (Å²) in [7, 11) is 2.20. The molecule has 3 N–H and O–H groups in total. The van der Waals surface area contributed by atoms with Crippen LogP contribution in [0.4, 0.5) is 0 Å². The lowest BCUT2D eigenvalue weighted by Crippen LogP contribution is -2.68. The zero-order chi connectivity index (χ0) is 29.5. The number of H-pyrrole nitrogens is 2. The number of amides is 1. The van der Waals surface area contributed by atoms with Crippen molar-refractivity contribution in [1.29, 1.82) is 5.26 Å². The molecule has 5 aromatic rings. The molecule has 4 aliphatic rings. The van der Waals surface area contributed by atoms with Gasteiger partial charge >= 0.3 is 0 Å². The Kier molecular flexibility index (Phi) is 5.81. The van der Waals surface area contributed by atoms with Crippen molar-refractivity contribution in [3.63, 3.8) is 0 Å². The summed E-state index contributed by atoms with van der Waals surface area (Å²) in [4.78, 5) is 26.3. The first kappa shape index (κ1) is 26.1. The Morgan fingerprint density at radius 1 is 0.864 bits per heavy atom. The summed E-state index contributed by atoms with van der Waals surface area (Å²) in [6.07, 6.45) is 5.98. The van der Waals surface area contributed by atoms with Crippen LogP contribution in [0.2, 0.25) is 0 Å². The Morgan fingerprint density at radius 3 is 2.32 bits per heavy atom. The number of aromatic nitrogens is 2. The molecule has 7 nitrogen and oxygen atoms in total. The van der Waals surface area contributed by atoms with Crippen molar-refractivity contribution in [2.45, 2.75) is 68.7 Å². The third-order valence-electron chi connectivity index (χ3n) is 11.1. The summed E-state index contributed by atoms with van der Waals surface area (Å²) in [5.41, 5.74) is 10.7. The van der Waals surface area contributed by atoms with Gasteiger partial charge in [-0.2, -0.15) is 5.26 Å². The molecule has 2 aromatic heterocycles. The Hall–Kier alpha value is -4.38. The van der Waals surface area contributed by atoms with Crippen molar-refractivity contribution in [3.8, 4) is 6.07 Å². The molecule has 0 spiro atoms. The molecule has 5 atom stereocenters. The number of rotatable bonds is 3. The van der Waals surface area contributed by atoms with E-state index >= 15 is 0 Å². The second-order valence-corrected chi connectivity index (χ2v) is 13.2. The van der Waals surface area contributed by atoms with Crippen LogP contribution in [0, 0.1) is 11.3 Å². The lowest BCUT2D eigenvalue weighted by Gasteiger charge is -2.58. The molecule has 1 saturated heterocycles. The molecule has 1 aliphatic carbocycles. The molecule has 44 heavy (non-hydrogen) atoms. The summed E-state index contributed by atoms with van der Waals surface area (Å²) in [5.74, 6) is -0.00994. The second-order valence-electron chi connectivity index (χ2n) is 13.2. The van der Waals surface area contributed by atoms with E-state index in [1.165, 1.54) is 45.1 Å². The van der Waals surface area contributed by atoms with E-state index in [0.29, 0.717) is 6.54 Å². The van der Waals surface area contributed by atoms with Crippen molar-refractivity contribution >= 4 is 27.7 Å². The predicted octanol–water partition coefficient (Wildman–Crippen LogP) is 5.73. The first-order valence-electron chi connectivity index (χ1n) is 16.1. The molecule has 9 rings (SSSR count). The summed E-state index contributed by atoms with van der Waals surface area (Å²) in [6.45, 7) is 0.444. The lowest BCUT2D eigenvalue weighted by molar-refractivity contribution is -0.0722. The third-order valence-corrected chi connectivity index (χ3v) is 11.1. The van der Waals surface area contributed by atoms with Gasteiger partial charge in [0.15, 0.2) is 0 Å². The fourth-order valence-electron chi connectivity index (χ4n) is 9.19. The maximum absolute atomic E-state index is 13.8. The number of nitrogens with one attached hydrogen (secondary N) is 3. The molecule has 0 unspecified atom stereocenters. The molecular formula is C37H36N6O. The Labute approximate surface area is 256 Å². The van der Waals surface area contributed by atoms with Crippen LogP contribution in [0.15, 0.2) is 66.7 Å². The number of piperazine rings is 1. The molecule has 2 bridgehead atoms. The maximum Gasteiger partial charge on any atom is 0.251 e. The van der Waals surface area contributed by atoms with Crippen LogP contribution in [-0.4, -0.2) is 57.4 Å². The standard InChI is InChI=1S/C37H36N6O/c1-42-30-17-27-24-13-5-7-16-29(24)41-35(27)36(42)31-18-26-23-12-4-6-15-28(23)40-34(26)33(43(31)32(30)19-38)20-39-37(44)25-14-8-10-21-9-2-3-11-22(21)25/h4-8,10,12-16,30-33,36,40-41H,2-3,9,11,17-18,20H2,1H3,(H,39,44)/t30-,31-,32-,33-,36-/m0/s1. The van der Waals surface area contributed by atoms with Crippen molar-refractivity contribution in [2.75, 3.05) is 13.6 Å². The minimum Gasteiger partial charge on any atom is -0.357 e. The van der Waals surface area contributed by atoms with Crippen molar-refractivity contribution < 1.29 is 4.79 Å². The highest BCUT2D eigenvalue weighted by molar-refractivity contribution is 5.96. The minimum absolute atomic E-state index is 0.00994. The van der Waals surface area contributed by atoms with Gasteiger partial charge in [0.1, 0.15) is 6.04 Å². The monoisotopic (exact) mass is 580 g/mol. The van der Waals surface area contributed by atoms with Crippen LogP contribution in [0.1, 0.15) is 68.9 Å². The molecular weight excluding hydrogens is 544 g/mol. The van der Waals surface area contributed by atoms with Crippen molar-refractivity contribution in [2.24, 2.45) is 0 Å². The number of aryl methyl sites for hydroxylation is 1. The Morgan fingerprint density at radius 2 is 1.55 bits per heavy atom. The first-order chi connectivity index (χ1) is 21.6. The lowest BCUT2D eigenvalue weighted by atomic mass is 9.75. The molecule has 1 amide bonds. The van der Waals surface area contributed by atoms with Gasteiger partial charge < -0.3 is 15.3 Å². The molecule has 220 valence electrons. The SMILES string of the molecule is CN1[C@@H]2c3[nH]c4ccccc4c3C[C@H]1[C@H](C#N)N1[C@@H](CNC(=O)c3cccc4c3CCCC4)c3[nH]c4ccccc4c3C[C@@H]21. The minimum atomic E-state index is -0.311. The van der Waals surface area contributed by atoms with Crippen LogP contribution in [0.5, 0.6) is 0 Å². The molecule has 3 aromatic carbocycles. The van der Waals surface area contributed by atoms with Crippen LogP contribution in [0.3, 0.4) is 0 Å². The van der Waals surface area contributed by atoms with E-state index in [0.717, 1.165) is 54.4 Å². The summed E-state index contributed by atoms with van der Waals surface area (Å²) in [6, 6.07) is 25.8. The number of hydrogen-bond donors (Lipinski definition) is 3. The molecule has 3 aliphatic heterocycles. The molecule has 0 saturated carbocycles. The van der Waals surface area contributed by atoms with Gasteiger partial charge in [-0.05, 0) is 86.0 Å². The number of para-hydroxylation sites is 2. The van der Waals surface area contributed by atoms with Crippen molar-refractivity contribution in [3.05, 3.63) is 106 Å². The number of carbonyl (C=O) groups excluding carboxylic acids is 1. The van der Waals surface area contributed by atoms with E-state index in [4.69, 9.17) is 0 Å². The zero-order valence-electron chi connectivity index (χ0n) is 24.9. The number of aromatic amines is 2. The second kappa shape index (κ2) is 9.82. The topological polar surface area (TPSA) is 90.9 Å². The van der Waals surface area contributed by atoms with Crippen molar-refractivity contribution in [1.82, 2.24) is 25.1 Å². The highest BCUT2D eigenvalue weighted by Crippen LogP contribution is 2.51. The quantitative estimate of drug-likeness (QED) is 0.254. The van der Waals surface area contributed by atoms with E-state index in [9.17, 15) is 10.1 Å². The Balaban J connectivity index is 1.16. The van der Waals surface area contributed by atoms with Gasteiger partial charge in [-0.25, -0.2) is 0 Å². The van der Waals surface area contributed by atoms with Gasteiger partial charge in [0.05, 0.1) is 18.2 Å². The Bertz CT molecular complexity index is 2000. The number of nitriles is 1. The average Bonchev–Trinajstić information content (AvgIpc) is 3.61. The average molecular weight is 581 g/mol. The van der Waals surface area contributed by atoms with E-state index in [1.54, 1.807) is 0 Å². The number of carbonyl (C=O) groups is 1. The highest BCUT2D eigenvalue weighted by atomic mass is 16.1. The number of hydrogen-bond acceptors (Lipinski definition) is 4. The first-order valence-corrected chi connectivity index (χ1v) is 16.1. The smallest absolute Gasteiger partial charge is 0.251 e. The fraction of sp³-hybridized carbons (Fsp3) is 0.351. The van der Waals surface area contributed by atoms with Gasteiger partial charge in [-0.3, -0.25) is 14.6 Å². The van der Waals surface area contributed by atoms with Gasteiger partial charge in [-0.1, -0.05) is 48.5 Å². The van der Waals surface area contributed by atoms with Gasteiger partial charge in [0, 0.05) is 57.4 Å². The largest absolute Gasteiger partial charge is 0.357 e. The van der Waals surface area contributed by atoms with E-state index in [-0.39, 0.29) is 36.1 Å². The predicted molar refractivity (Wildman–Crippen MR) is 171 cm³/mol. The van der Waals surface area contributed by atoms with Gasteiger partial charge in [0.25, 0.3) is 5.91 Å². The van der Waals surface area contributed by atoms with E-state index in [2.05, 4.69) is 92.8 Å².